The Balaban J connectivity index is 1.90. The molecule has 2 aromatic rings. The van der Waals surface area contributed by atoms with Crippen molar-refractivity contribution in [1.82, 2.24) is 0 Å². The molecule has 0 amide bonds. The Morgan fingerprint density at radius 3 is 2.74 bits per heavy atom. The molecule has 0 saturated heterocycles. The number of fused-ring (bicyclic) bond motifs is 3. The molecule has 1 aromatic heterocycles. The summed E-state index contributed by atoms with van der Waals surface area (Å²) in [6, 6.07) is 5.32. The lowest BCUT2D eigenvalue weighted by Crippen LogP contribution is -2.24. The molecular weight excluding hydrogens is 296 g/mol. The second-order valence-electron chi connectivity index (χ2n) is 5.63. The molecule has 0 radical (unpaired) electrons. The van der Waals surface area contributed by atoms with Gasteiger partial charge >= 0.3 is 11.9 Å². The minimum Gasteiger partial charge on any atom is -0.466 e. The van der Waals surface area contributed by atoms with Gasteiger partial charge in [0.1, 0.15) is 11.3 Å². The minimum atomic E-state index is -0.329. The van der Waals surface area contributed by atoms with Gasteiger partial charge in [0.2, 0.25) is 0 Å². The van der Waals surface area contributed by atoms with E-state index >= 15 is 0 Å². The summed E-state index contributed by atoms with van der Waals surface area (Å²) in [5, 5.41) is 0.938. The fourth-order valence-electron chi connectivity index (χ4n) is 3.09. The number of ether oxygens (including phenoxy) is 2. The van der Waals surface area contributed by atoms with Crippen molar-refractivity contribution in [2.24, 2.45) is 5.92 Å². The molecule has 122 valence electrons. The number of hydrogen-bond donors (Lipinski definition) is 0. The van der Waals surface area contributed by atoms with Gasteiger partial charge in [-0.2, -0.15) is 0 Å². The third kappa shape index (κ3) is 2.96. The number of esters is 2. The number of benzene rings is 1. The Hall–Kier alpha value is -2.30. The minimum absolute atomic E-state index is 0.146. The van der Waals surface area contributed by atoms with E-state index in [9.17, 15) is 9.59 Å². The van der Waals surface area contributed by atoms with Crippen LogP contribution < -0.4 is 0 Å². The average molecular weight is 316 g/mol. The topological polar surface area (TPSA) is 65.7 Å². The zero-order valence-electron chi connectivity index (χ0n) is 13.4. The molecule has 1 aromatic carbocycles. The Morgan fingerprint density at radius 1 is 1.22 bits per heavy atom. The van der Waals surface area contributed by atoms with Gasteiger partial charge < -0.3 is 13.9 Å². The van der Waals surface area contributed by atoms with Crippen molar-refractivity contribution >= 4 is 22.9 Å². The molecule has 23 heavy (non-hydrogen) atoms. The van der Waals surface area contributed by atoms with Crippen molar-refractivity contribution in [3.8, 4) is 0 Å². The van der Waals surface area contributed by atoms with Gasteiger partial charge in [-0.25, -0.2) is 4.79 Å². The van der Waals surface area contributed by atoms with Crippen LogP contribution in [-0.4, -0.2) is 25.2 Å². The van der Waals surface area contributed by atoms with E-state index in [2.05, 4.69) is 0 Å². The van der Waals surface area contributed by atoms with E-state index in [0.717, 1.165) is 35.1 Å². The maximum absolute atomic E-state index is 11.9. The van der Waals surface area contributed by atoms with Crippen molar-refractivity contribution in [2.45, 2.75) is 33.1 Å². The molecule has 1 aliphatic carbocycles. The predicted molar refractivity (Wildman–Crippen MR) is 84.3 cm³/mol. The van der Waals surface area contributed by atoms with Gasteiger partial charge in [0.05, 0.1) is 24.7 Å². The van der Waals surface area contributed by atoms with Crippen molar-refractivity contribution in [3.05, 3.63) is 35.1 Å². The van der Waals surface area contributed by atoms with Crippen LogP contribution in [0.15, 0.2) is 22.6 Å². The standard InChI is InChI=1S/C18H20O5/c1-3-21-17(19)11-6-8-15-14(9-11)13-7-5-12(10-16(13)23-15)18(20)22-4-2/h6,8-9,12H,3-5,7,10H2,1-2H3. The Bertz CT molecular complexity index is 743. The second kappa shape index (κ2) is 6.44. The van der Waals surface area contributed by atoms with Gasteiger partial charge in [0.15, 0.2) is 0 Å². The van der Waals surface area contributed by atoms with Crippen LogP contribution in [0.1, 0.15) is 41.9 Å². The van der Waals surface area contributed by atoms with Crippen LogP contribution in [-0.2, 0) is 27.1 Å². The largest absolute Gasteiger partial charge is 0.466 e. The van der Waals surface area contributed by atoms with E-state index < -0.39 is 0 Å². The Morgan fingerprint density at radius 2 is 2.00 bits per heavy atom. The normalized spacial score (nSPS) is 16.9. The van der Waals surface area contributed by atoms with E-state index in [4.69, 9.17) is 13.9 Å². The fourth-order valence-corrected chi connectivity index (χ4v) is 3.09. The monoisotopic (exact) mass is 316 g/mol. The van der Waals surface area contributed by atoms with Gasteiger partial charge in [-0.15, -0.1) is 0 Å². The van der Waals surface area contributed by atoms with E-state index in [-0.39, 0.29) is 17.9 Å². The van der Waals surface area contributed by atoms with E-state index in [0.29, 0.717) is 25.2 Å². The summed E-state index contributed by atoms with van der Waals surface area (Å²) in [4.78, 5) is 23.8. The number of hydrogen-bond acceptors (Lipinski definition) is 5. The van der Waals surface area contributed by atoms with Crippen molar-refractivity contribution in [3.63, 3.8) is 0 Å². The molecule has 1 atom stereocenters. The predicted octanol–water partition coefficient (Wildman–Crippen LogP) is 3.28. The zero-order valence-corrected chi connectivity index (χ0v) is 13.4. The maximum atomic E-state index is 11.9. The third-order valence-corrected chi connectivity index (χ3v) is 4.18. The van der Waals surface area contributed by atoms with Gasteiger partial charge in [-0.1, -0.05) is 0 Å². The lowest BCUT2D eigenvalue weighted by molar-refractivity contribution is -0.148. The molecular formula is C18H20O5. The van der Waals surface area contributed by atoms with Gasteiger partial charge in [-0.3, -0.25) is 4.79 Å². The van der Waals surface area contributed by atoms with E-state index in [1.54, 1.807) is 19.1 Å². The number of furan rings is 1. The van der Waals surface area contributed by atoms with Gasteiger partial charge in [0, 0.05) is 17.4 Å². The molecule has 0 spiro atoms. The van der Waals surface area contributed by atoms with E-state index in [1.165, 1.54) is 0 Å². The summed E-state index contributed by atoms with van der Waals surface area (Å²) >= 11 is 0. The SMILES string of the molecule is CCOC(=O)c1ccc2oc3c(c2c1)CCC(C(=O)OCC)C3. The molecule has 1 heterocycles. The summed E-state index contributed by atoms with van der Waals surface area (Å²) in [6.45, 7) is 4.34. The van der Waals surface area contributed by atoms with Crippen LogP contribution in [0.5, 0.6) is 0 Å². The number of carbonyl (C=O) groups excluding carboxylic acids is 2. The number of carbonyl (C=O) groups is 2. The van der Waals surface area contributed by atoms with Gasteiger partial charge in [-0.05, 0) is 44.9 Å². The molecule has 5 nitrogen and oxygen atoms in total. The number of rotatable bonds is 4. The zero-order chi connectivity index (χ0) is 16.4. The summed E-state index contributed by atoms with van der Waals surface area (Å²) < 4.78 is 16.0. The smallest absolute Gasteiger partial charge is 0.338 e. The first-order valence-corrected chi connectivity index (χ1v) is 8.02. The van der Waals surface area contributed by atoms with Gasteiger partial charge in [0.25, 0.3) is 0 Å². The summed E-state index contributed by atoms with van der Waals surface area (Å²) in [6.07, 6.45) is 2.04. The molecule has 3 rings (SSSR count). The molecule has 5 heteroatoms. The van der Waals surface area contributed by atoms with E-state index in [1.807, 2.05) is 13.0 Å². The Labute approximate surface area is 134 Å². The maximum Gasteiger partial charge on any atom is 0.338 e. The summed E-state index contributed by atoms with van der Waals surface area (Å²) in [7, 11) is 0. The fraction of sp³-hybridized carbons (Fsp3) is 0.444. The van der Waals surface area contributed by atoms with Crippen molar-refractivity contribution in [2.75, 3.05) is 13.2 Å². The summed E-state index contributed by atoms with van der Waals surface area (Å²) in [5.74, 6) is 0.188. The van der Waals surface area contributed by atoms with Crippen LogP contribution in [0.3, 0.4) is 0 Å². The van der Waals surface area contributed by atoms with Crippen molar-refractivity contribution < 1.29 is 23.5 Å². The van der Waals surface area contributed by atoms with Crippen LogP contribution in [0.25, 0.3) is 11.0 Å². The van der Waals surface area contributed by atoms with Crippen LogP contribution >= 0.6 is 0 Å². The first-order chi connectivity index (χ1) is 11.1. The highest BCUT2D eigenvalue weighted by Gasteiger charge is 2.29. The molecule has 0 saturated carbocycles. The molecule has 0 aliphatic heterocycles. The number of aryl methyl sites for hydroxylation is 1. The van der Waals surface area contributed by atoms with Crippen LogP contribution in [0.4, 0.5) is 0 Å². The molecule has 1 unspecified atom stereocenters. The summed E-state index contributed by atoms with van der Waals surface area (Å²) in [5.41, 5.74) is 2.36. The highest BCUT2D eigenvalue weighted by Crippen LogP contribution is 2.35. The first kappa shape index (κ1) is 15.6. The average Bonchev–Trinajstić information content (AvgIpc) is 2.92. The third-order valence-electron chi connectivity index (χ3n) is 4.18. The van der Waals surface area contributed by atoms with Crippen molar-refractivity contribution in [1.29, 1.82) is 0 Å². The molecule has 0 N–H and O–H groups in total. The first-order valence-electron chi connectivity index (χ1n) is 8.02. The van der Waals surface area contributed by atoms with Crippen LogP contribution in [0, 0.1) is 5.92 Å². The highest BCUT2D eigenvalue weighted by molar-refractivity contribution is 5.95. The Kier molecular flexibility index (Phi) is 4.37. The molecule has 0 bridgehead atoms. The molecule has 0 fully saturated rings. The highest BCUT2D eigenvalue weighted by atomic mass is 16.5. The quantitative estimate of drug-likeness (QED) is 0.810. The lowest BCUT2D eigenvalue weighted by Gasteiger charge is -2.19. The second-order valence-corrected chi connectivity index (χ2v) is 5.63. The lowest BCUT2D eigenvalue weighted by atomic mass is 9.87. The van der Waals surface area contributed by atoms with Crippen LogP contribution in [0.2, 0.25) is 0 Å². The molecule has 1 aliphatic rings.